The number of nitrogens with two attached hydrogens (primary N) is 1. The monoisotopic (exact) mass is 410 g/mol. The van der Waals surface area contributed by atoms with E-state index in [9.17, 15) is 4.79 Å². The van der Waals surface area contributed by atoms with E-state index >= 15 is 0 Å². The van der Waals surface area contributed by atoms with Crippen LogP contribution in [0.3, 0.4) is 0 Å². The lowest BCUT2D eigenvalue weighted by molar-refractivity contribution is -0.113. The first-order valence-corrected chi connectivity index (χ1v) is 10.2. The average molecular weight is 411 g/mol. The van der Waals surface area contributed by atoms with E-state index in [0.29, 0.717) is 10.3 Å². The van der Waals surface area contributed by atoms with Crippen molar-refractivity contribution in [3.8, 4) is 17.3 Å². The molecule has 9 heteroatoms. The van der Waals surface area contributed by atoms with Gasteiger partial charge in [0.2, 0.25) is 5.91 Å². The van der Waals surface area contributed by atoms with Crippen LogP contribution in [0.2, 0.25) is 0 Å². The number of carbonyl (C=O) groups is 1. The average Bonchev–Trinajstić information content (AvgIpc) is 3.07. The highest BCUT2D eigenvalue weighted by Crippen LogP contribution is 2.31. The Morgan fingerprint density at radius 1 is 1.29 bits per heavy atom. The van der Waals surface area contributed by atoms with Gasteiger partial charge in [-0.1, -0.05) is 29.5 Å². The number of amides is 1. The first-order chi connectivity index (χ1) is 13.4. The van der Waals surface area contributed by atoms with Gasteiger partial charge in [-0.2, -0.15) is 5.26 Å². The molecule has 0 radical (unpaired) electrons. The highest BCUT2D eigenvalue weighted by molar-refractivity contribution is 7.99. The Balaban J connectivity index is 1.65. The van der Waals surface area contributed by atoms with Gasteiger partial charge in [0.05, 0.1) is 17.6 Å². The molecule has 28 heavy (non-hydrogen) atoms. The molecule has 0 saturated heterocycles. The number of nitriles is 1. The summed E-state index contributed by atoms with van der Waals surface area (Å²) in [4.78, 5) is 24.8. The topological polar surface area (TPSA) is 118 Å². The summed E-state index contributed by atoms with van der Waals surface area (Å²) in [7, 11) is 0. The Hall–Kier alpha value is -2.96. The van der Waals surface area contributed by atoms with Gasteiger partial charge in [-0.3, -0.25) is 4.79 Å². The SMILES string of the molecule is Cc1cc(C)c(-c2csc(NC(=O)CSc3ncc(C#N)c(N)n3)n2)c(C)c1. The Labute approximate surface area is 171 Å². The van der Waals surface area contributed by atoms with Crippen molar-refractivity contribution in [3.05, 3.63) is 46.0 Å². The third kappa shape index (κ3) is 4.47. The van der Waals surface area contributed by atoms with Gasteiger partial charge in [-0.05, 0) is 31.9 Å². The molecule has 0 fully saturated rings. The molecule has 1 amide bonds. The van der Waals surface area contributed by atoms with Crippen molar-refractivity contribution in [2.24, 2.45) is 0 Å². The predicted molar refractivity (Wildman–Crippen MR) is 112 cm³/mol. The lowest BCUT2D eigenvalue weighted by Gasteiger charge is -2.08. The summed E-state index contributed by atoms with van der Waals surface area (Å²) in [5.74, 6) is 0.00614. The van der Waals surface area contributed by atoms with Crippen LogP contribution in [0.4, 0.5) is 10.9 Å². The Kier molecular flexibility index (Phi) is 5.92. The third-order valence-corrected chi connectivity index (χ3v) is 5.55. The van der Waals surface area contributed by atoms with E-state index in [1.54, 1.807) is 0 Å². The number of benzene rings is 1. The zero-order chi connectivity index (χ0) is 20.3. The smallest absolute Gasteiger partial charge is 0.236 e. The molecular weight excluding hydrogens is 392 g/mol. The van der Waals surface area contributed by atoms with E-state index in [-0.39, 0.29) is 23.0 Å². The van der Waals surface area contributed by atoms with Crippen LogP contribution in [0.25, 0.3) is 11.3 Å². The first kappa shape index (κ1) is 19.8. The van der Waals surface area contributed by atoms with Crippen molar-refractivity contribution < 1.29 is 4.79 Å². The highest BCUT2D eigenvalue weighted by atomic mass is 32.2. The number of thiazole rings is 1. The summed E-state index contributed by atoms with van der Waals surface area (Å²) in [5.41, 5.74) is 11.4. The van der Waals surface area contributed by atoms with Crippen molar-refractivity contribution in [2.45, 2.75) is 25.9 Å². The molecule has 7 nitrogen and oxygen atoms in total. The number of carbonyl (C=O) groups excluding carboxylic acids is 1. The fraction of sp³-hybridized carbons (Fsp3) is 0.211. The van der Waals surface area contributed by atoms with Gasteiger partial charge in [0.1, 0.15) is 17.5 Å². The molecule has 0 unspecified atom stereocenters. The van der Waals surface area contributed by atoms with Gasteiger partial charge in [0.25, 0.3) is 0 Å². The van der Waals surface area contributed by atoms with Crippen LogP contribution in [0.15, 0.2) is 28.9 Å². The van der Waals surface area contributed by atoms with Crippen LogP contribution in [0.1, 0.15) is 22.3 Å². The molecular formula is C19H18N6OS2. The summed E-state index contributed by atoms with van der Waals surface area (Å²) in [6, 6.07) is 6.15. The van der Waals surface area contributed by atoms with Gasteiger partial charge in [-0.15, -0.1) is 11.3 Å². The Morgan fingerprint density at radius 3 is 2.64 bits per heavy atom. The number of rotatable bonds is 5. The number of hydrogen-bond acceptors (Lipinski definition) is 8. The van der Waals surface area contributed by atoms with Gasteiger partial charge >= 0.3 is 0 Å². The minimum absolute atomic E-state index is 0.105. The summed E-state index contributed by atoms with van der Waals surface area (Å²) in [6.07, 6.45) is 1.35. The van der Waals surface area contributed by atoms with Crippen LogP contribution in [-0.4, -0.2) is 26.6 Å². The lowest BCUT2D eigenvalue weighted by Crippen LogP contribution is -2.14. The standard InChI is InChI=1S/C19H18N6OS2/c1-10-4-11(2)16(12(3)5-10)14-8-27-19(23-14)24-15(26)9-28-18-22-7-13(6-20)17(21)25-18/h4-5,7-8H,9H2,1-3H3,(H2,21,22,25)(H,23,24,26). The van der Waals surface area contributed by atoms with Crippen molar-refractivity contribution in [1.29, 1.82) is 5.26 Å². The summed E-state index contributed by atoms with van der Waals surface area (Å²) in [5, 5.41) is 14.5. The van der Waals surface area contributed by atoms with Crippen LogP contribution < -0.4 is 11.1 Å². The largest absolute Gasteiger partial charge is 0.382 e. The second kappa shape index (κ2) is 8.37. The normalized spacial score (nSPS) is 10.5. The van der Waals surface area contributed by atoms with Gasteiger partial charge in [0, 0.05) is 10.9 Å². The lowest BCUT2D eigenvalue weighted by atomic mass is 9.98. The summed E-state index contributed by atoms with van der Waals surface area (Å²) < 4.78 is 0. The molecule has 0 atom stereocenters. The van der Waals surface area contributed by atoms with Crippen LogP contribution in [-0.2, 0) is 4.79 Å². The van der Waals surface area contributed by atoms with Crippen LogP contribution in [0.5, 0.6) is 0 Å². The molecule has 3 aromatic rings. The van der Waals surface area contributed by atoms with Gasteiger partial charge < -0.3 is 11.1 Å². The minimum Gasteiger partial charge on any atom is -0.382 e. The van der Waals surface area contributed by atoms with Gasteiger partial charge in [0.15, 0.2) is 10.3 Å². The molecule has 0 bridgehead atoms. The third-order valence-electron chi connectivity index (χ3n) is 3.93. The quantitative estimate of drug-likeness (QED) is 0.486. The minimum atomic E-state index is -0.213. The molecule has 0 saturated carbocycles. The number of aromatic nitrogens is 3. The number of nitrogens with one attached hydrogen (secondary N) is 1. The van der Waals surface area contributed by atoms with Crippen molar-refractivity contribution in [3.63, 3.8) is 0 Å². The molecule has 3 N–H and O–H groups in total. The van der Waals surface area contributed by atoms with Crippen molar-refractivity contribution >= 4 is 40.0 Å². The molecule has 1 aromatic carbocycles. The van der Waals surface area contributed by atoms with Crippen LogP contribution >= 0.6 is 23.1 Å². The maximum absolute atomic E-state index is 12.2. The predicted octanol–water partition coefficient (Wildman–Crippen LogP) is 3.71. The molecule has 0 aliphatic rings. The zero-order valence-corrected chi connectivity index (χ0v) is 17.2. The fourth-order valence-corrected chi connectivity index (χ4v) is 4.19. The molecule has 0 spiro atoms. The zero-order valence-electron chi connectivity index (χ0n) is 15.6. The molecule has 0 aliphatic heterocycles. The number of thioether (sulfide) groups is 1. The molecule has 3 rings (SSSR count). The molecule has 0 aliphatic carbocycles. The molecule has 2 aromatic heterocycles. The number of hydrogen-bond donors (Lipinski definition) is 2. The van der Waals surface area contributed by atoms with E-state index in [1.807, 2.05) is 11.4 Å². The molecule has 2 heterocycles. The maximum atomic E-state index is 12.2. The number of anilines is 2. The number of aryl methyl sites for hydroxylation is 3. The Morgan fingerprint density at radius 2 is 2.00 bits per heavy atom. The number of nitrogen functional groups attached to an aromatic ring is 1. The fourth-order valence-electron chi connectivity index (χ4n) is 2.85. The van der Waals surface area contributed by atoms with Crippen molar-refractivity contribution in [2.75, 3.05) is 16.8 Å². The highest BCUT2D eigenvalue weighted by Gasteiger charge is 2.13. The maximum Gasteiger partial charge on any atom is 0.236 e. The summed E-state index contributed by atoms with van der Waals surface area (Å²) >= 11 is 2.53. The van der Waals surface area contributed by atoms with Crippen molar-refractivity contribution in [1.82, 2.24) is 15.0 Å². The summed E-state index contributed by atoms with van der Waals surface area (Å²) in [6.45, 7) is 6.19. The first-order valence-electron chi connectivity index (χ1n) is 8.36. The van der Waals surface area contributed by atoms with Crippen LogP contribution in [0, 0.1) is 32.1 Å². The van der Waals surface area contributed by atoms with E-state index in [1.165, 1.54) is 23.1 Å². The van der Waals surface area contributed by atoms with Gasteiger partial charge in [-0.25, -0.2) is 15.0 Å². The Bertz CT molecular complexity index is 1060. The van der Waals surface area contributed by atoms with E-state index < -0.39 is 0 Å². The molecule has 142 valence electrons. The second-order valence-electron chi connectivity index (χ2n) is 6.21. The van der Waals surface area contributed by atoms with E-state index in [0.717, 1.165) is 34.1 Å². The second-order valence-corrected chi connectivity index (χ2v) is 8.01. The van der Waals surface area contributed by atoms with E-state index in [2.05, 4.69) is 53.2 Å². The number of nitrogens with zero attached hydrogens (tertiary/aromatic N) is 4. The van der Waals surface area contributed by atoms with E-state index in [4.69, 9.17) is 11.0 Å².